The van der Waals surface area contributed by atoms with Crippen LogP contribution in [0.3, 0.4) is 0 Å². The smallest absolute Gasteiger partial charge is 0.306 e. The first-order valence-electron chi connectivity index (χ1n) is 32.0. The number of unbranched alkanes of at least 4 members (excludes halogenated alkanes) is 42. The van der Waals surface area contributed by atoms with E-state index in [0.29, 0.717) is 19.3 Å². The molecule has 0 amide bonds. The maximum absolute atomic E-state index is 12.9. The first kappa shape index (κ1) is 69.6. The molecule has 0 rings (SSSR count). The fraction of sp³-hybridized carbons (Fsp3) is 0.864. The minimum absolute atomic E-state index is 0.0720. The van der Waals surface area contributed by atoms with Gasteiger partial charge in [-0.3, -0.25) is 14.4 Å². The number of hydrogen-bond acceptors (Lipinski definition) is 6. The molecule has 0 heterocycles. The molecule has 72 heavy (non-hydrogen) atoms. The molecule has 0 saturated carbocycles. The molecule has 6 heteroatoms. The van der Waals surface area contributed by atoms with Crippen LogP contribution in [0, 0.1) is 0 Å². The van der Waals surface area contributed by atoms with Crippen LogP contribution in [0.5, 0.6) is 0 Å². The molecule has 1 unspecified atom stereocenters. The molecule has 0 aliphatic carbocycles. The molecule has 0 bridgehead atoms. The molecule has 0 aromatic carbocycles. The monoisotopic (exact) mass is 1010 g/mol. The van der Waals surface area contributed by atoms with Crippen molar-refractivity contribution in [2.45, 2.75) is 354 Å². The van der Waals surface area contributed by atoms with Crippen LogP contribution in [0.25, 0.3) is 0 Å². The molecule has 0 radical (unpaired) electrons. The lowest BCUT2D eigenvalue weighted by Gasteiger charge is -2.18. The quantitative estimate of drug-likeness (QED) is 0.0261. The van der Waals surface area contributed by atoms with Gasteiger partial charge in [0, 0.05) is 19.3 Å². The normalized spacial score (nSPS) is 12.2. The Morgan fingerprint density at radius 1 is 0.278 bits per heavy atom. The molecule has 0 aliphatic rings. The van der Waals surface area contributed by atoms with E-state index in [4.69, 9.17) is 14.2 Å². The standard InChI is InChI=1S/C66H122O6/c1-4-7-10-13-16-19-22-25-27-28-29-30-31-32-33-34-35-36-37-38-39-42-44-47-50-53-56-59-65(68)71-62-63(61-70-64(67)58-55-52-49-46-43-40-24-21-18-15-12-9-6-3)72-66(69)60-57-54-51-48-45-41-26-23-20-17-14-11-8-5-2/h12,15,21,24,28-29,63H,4-11,13-14,16-20,22-23,25-27,30-62H2,1-3H3/b15-12-,24-21-,29-28-. The van der Waals surface area contributed by atoms with Crippen LogP contribution in [0.1, 0.15) is 348 Å². The van der Waals surface area contributed by atoms with E-state index in [2.05, 4.69) is 57.2 Å². The van der Waals surface area contributed by atoms with Crippen molar-refractivity contribution >= 4 is 17.9 Å². The maximum atomic E-state index is 12.9. The van der Waals surface area contributed by atoms with Gasteiger partial charge in [0.05, 0.1) is 0 Å². The number of hydrogen-bond donors (Lipinski definition) is 0. The molecule has 422 valence electrons. The molecule has 0 fully saturated rings. The zero-order valence-electron chi connectivity index (χ0n) is 48.5. The summed E-state index contributed by atoms with van der Waals surface area (Å²) in [4.78, 5) is 38.2. The summed E-state index contributed by atoms with van der Waals surface area (Å²) in [6.07, 6.45) is 74.5. The van der Waals surface area contributed by atoms with E-state index >= 15 is 0 Å². The van der Waals surface area contributed by atoms with Gasteiger partial charge >= 0.3 is 17.9 Å². The lowest BCUT2D eigenvalue weighted by atomic mass is 10.0. The Hall–Kier alpha value is -2.37. The van der Waals surface area contributed by atoms with Crippen LogP contribution < -0.4 is 0 Å². The highest BCUT2D eigenvalue weighted by Gasteiger charge is 2.19. The van der Waals surface area contributed by atoms with Gasteiger partial charge in [-0.2, -0.15) is 0 Å². The number of allylic oxidation sites excluding steroid dienone is 6. The van der Waals surface area contributed by atoms with E-state index < -0.39 is 6.10 Å². The second kappa shape index (κ2) is 61.2. The van der Waals surface area contributed by atoms with Gasteiger partial charge in [0.1, 0.15) is 13.2 Å². The Bertz CT molecular complexity index is 1210. The highest BCUT2D eigenvalue weighted by Crippen LogP contribution is 2.17. The highest BCUT2D eigenvalue weighted by molar-refractivity contribution is 5.71. The Kier molecular flexibility index (Phi) is 59.2. The molecule has 0 aliphatic heterocycles. The molecule has 0 saturated heterocycles. The largest absolute Gasteiger partial charge is 0.462 e. The first-order chi connectivity index (χ1) is 35.5. The number of carbonyl (C=O) groups is 3. The summed E-state index contributed by atoms with van der Waals surface area (Å²) in [6.45, 7) is 6.62. The molecule has 0 spiro atoms. The summed E-state index contributed by atoms with van der Waals surface area (Å²) >= 11 is 0. The Balaban J connectivity index is 4.18. The zero-order chi connectivity index (χ0) is 52.2. The fourth-order valence-electron chi connectivity index (χ4n) is 9.54. The van der Waals surface area contributed by atoms with Crippen molar-refractivity contribution < 1.29 is 28.6 Å². The van der Waals surface area contributed by atoms with Crippen molar-refractivity contribution in [3.63, 3.8) is 0 Å². The van der Waals surface area contributed by atoms with E-state index in [9.17, 15) is 14.4 Å². The Morgan fingerprint density at radius 2 is 0.528 bits per heavy atom. The molecule has 6 nitrogen and oxygen atoms in total. The van der Waals surface area contributed by atoms with Crippen molar-refractivity contribution in [2.75, 3.05) is 13.2 Å². The van der Waals surface area contributed by atoms with E-state index in [1.807, 2.05) is 0 Å². The number of carbonyl (C=O) groups excluding carboxylic acids is 3. The minimum Gasteiger partial charge on any atom is -0.462 e. The summed E-state index contributed by atoms with van der Waals surface area (Å²) in [6, 6.07) is 0. The Morgan fingerprint density at radius 3 is 0.833 bits per heavy atom. The zero-order valence-corrected chi connectivity index (χ0v) is 48.5. The summed E-state index contributed by atoms with van der Waals surface area (Å²) < 4.78 is 16.9. The van der Waals surface area contributed by atoms with Crippen LogP contribution in [0.15, 0.2) is 36.5 Å². The van der Waals surface area contributed by atoms with E-state index in [0.717, 1.165) is 83.5 Å². The van der Waals surface area contributed by atoms with Gasteiger partial charge in [-0.25, -0.2) is 0 Å². The maximum Gasteiger partial charge on any atom is 0.306 e. The van der Waals surface area contributed by atoms with Gasteiger partial charge in [-0.15, -0.1) is 0 Å². The molecule has 1 atom stereocenters. The van der Waals surface area contributed by atoms with Crippen LogP contribution in [-0.4, -0.2) is 37.2 Å². The van der Waals surface area contributed by atoms with Crippen LogP contribution in [0.2, 0.25) is 0 Å². The lowest BCUT2D eigenvalue weighted by Crippen LogP contribution is -2.30. The fourth-order valence-corrected chi connectivity index (χ4v) is 9.54. The first-order valence-corrected chi connectivity index (χ1v) is 32.0. The predicted molar refractivity (Wildman–Crippen MR) is 312 cm³/mol. The minimum atomic E-state index is -0.774. The topological polar surface area (TPSA) is 78.9 Å². The second-order valence-electron chi connectivity index (χ2n) is 21.7. The third-order valence-corrected chi connectivity index (χ3v) is 14.3. The molecular formula is C66H122O6. The van der Waals surface area contributed by atoms with E-state index in [1.165, 1.54) is 225 Å². The summed E-state index contributed by atoms with van der Waals surface area (Å²) in [5.74, 6) is -0.865. The third-order valence-electron chi connectivity index (χ3n) is 14.3. The number of ether oxygens (including phenoxy) is 3. The lowest BCUT2D eigenvalue weighted by molar-refractivity contribution is -0.167. The Labute approximate surface area is 448 Å². The van der Waals surface area contributed by atoms with Crippen molar-refractivity contribution in [1.29, 1.82) is 0 Å². The molecular weight excluding hydrogens is 889 g/mol. The van der Waals surface area contributed by atoms with Gasteiger partial charge < -0.3 is 14.2 Å². The van der Waals surface area contributed by atoms with Crippen molar-refractivity contribution in [3.8, 4) is 0 Å². The van der Waals surface area contributed by atoms with Gasteiger partial charge in [0.2, 0.25) is 0 Å². The number of rotatable bonds is 59. The van der Waals surface area contributed by atoms with Crippen molar-refractivity contribution in [1.82, 2.24) is 0 Å². The average Bonchev–Trinajstić information content (AvgIpc) is 3.38. The van der Waals surface area contributed by atoms with Gasteiger partial charge in [-0.05, 0) is 70.6 Å². The van der Waals surface area contributed by atoms with Crippen LogP contribution in [0.4, 0.5) is 0 Å². The van der Waals surface area contributed by atoms with Gasteiger partial charge in [0.25, 0.3) is 0 Å². The van der Waals surface area contributed by atoms with Crippen molar-refractivity contribution in [3.05, 3.63) is 36.5 Å². The van der Waals surface area contributed by atoms with Gasteiger partial charge in [-0.1, -0.05) is 295 Å². The molecule has 0 aromatic rings. The number of esters is 3. The summed E-state index contributed by atoms with van der Waals surface area (Å²) in [5.41, 5.74) is 0. The highest BCUT2D eigenvalue weighted by atomic mass is 16.6. The third kappa shape index (κ3) is 58.5. The summed E-state index contributed by atoms with van der Waals surface area (Å²) in [7, 11) is 0. The molecule has 0 N–H and O–H groups in total. The van der Waals surface area contributed by atoms with E-state index in [1.54, 1.807) is 0 Å². The van der Waals surface area contributed by atoms with E-state index in [-0.39, 0.29) is 31.1 Å². The molecule has 0 aromatic heterocycles. The van der Waals surface area contributed by atoms with Crippen molar-refractivity contribution in [2.24, 2.45) is 0 Å². The second-order valence-corrected chi connectivity index (χ2v) is 21.7. The van der Waals surface area contributed by atoms with Crippen LogP contribution >= 0.6 is 0 Å². The SMILES string of the molecule is CCC/C=C\C/C=C\CCCCCCCC(=O)OCC(COC(=O)CCCCCCCCCCCCCCCCC/C=C\CCCCCCCCCC)OC(=O)CCCCCCCCCCCCCCCC. The van der Waals surface area contributed by atoms with Crippen LogP contribution in [-0.2, 0) is 28.6 Å². The average molecular weight is 1010 g/mol. The predicted octanol–water partition coefficient (Wildman–Crippen LogP) is 21.6. The summed E-state index contributed by atoms with van der Waals surface area (Å²) in [5, 5.41) is 0. The van der Waals surface area contributed by atoms with Gasteiger partial charge in [0.15, 0.2) is 6.10 Å².